The lowest BCUT2D eigenvalue weighted by Gasteiger charge is -2.15. The molecule has 0 saturated carbocycles. The summed E-state index contributed by atoms with van der Waals surface area (Å²) in [5, 5.41) is 6.32. The summed E-state index contributed by atoms with van der Waals surface area (Å²) in [5.74, 6) is -5.40. The largest absolute Gasteiger partial charge is 0.366 e. The molecule has 0 fully saturated rings. The van der Waals surface area contributed by atoms with Gasteiger partial charge in [0.2, 0.25) is 5.82 Å². The van der Waals surface area contributed by atoms with Gasteiger partial charge < -0.3 is 0 Å². The van der Waals surface area contributed by atoms with Crippen molar-refractivity contribution in [2.24, 2.45) is 0 Å². The van der Waals surface area contributed by atoms with Crippen molar-refractivity contribution in [3.05, 3.63) is 42.5 Å². The van der Waals surface area contributed by atoms with Crippen molar-refractivity contribution in [3.8, 4) is 5.69 Å². The number of hydrogen-bond donors (Lipinski definition) is 0. The molecular formula is C10H7F4N3. The van der Waals surface area contributed by atoms with E-state index in [4.69, 9.17) is 0 Å². The summed E-state index contributed by atoms with van der Waals surface area (Å²) in [4.78, 5) is 0. The van der Waals surface area contributed by atoms with Gasteiger partial charge in [0.1, 0.15) is 6.33 Å². The fraction of sp³-hybridized carbons (Fsp3) is 0.200. The SMILES string of the molecule is FC(F)C(F)(F)c1nncn1-c1ccccc1. The zero-order valence-electron chi connectivity index (χ0n) is 8.39. The standard InChI is InChI=1S/C10H7F4N3/c11-8(12)10(13,14)9-16-15-6-17(9)7-4-2-1-3-5-7/h1-6,8H. The zero-order chi connectivity index (χ0) is 12.5. The molecular weight excluding hydrogens is 238 g/mol. The maximum absolute atomic E-state index is 13.2. The molecule has 1 aromatic heterocycles. The summed E-state index contributed by atoms with van der Waals surface area (Å²) in [6, 6.07) is 7.86. The van der Waals surface area contributed by atoms with Crippen LogP contribution in [0.1, 0.15) is 5.82 Å². The Bertz CT molecular complexity index is 495. The molecule has 0 N–H and O–H groups in total. The van der Waals surface area contributed by atoms with Crippen LogP contribution in [0.2, 0.25) is 0 Å². The lowest BCUT2D eigenvalue weighted by atomic mass is 10.3. The van der Waals surface area contributed by atoms with Crippen LogP contribution in [0.3, 0.4) is 0 Å². The van der Waals surface area contributed by atoms with E-state index in [1.165, 1.54) is 12.1 Å². The fourth-order valence-corrected chi connectivity index (χ4v) is 1.34. The lowest BCUT2D eigenvalue weighted by Crippen LogP contribution is -2.27. The second-order valence-electron chi connectivity index (χ2n) is 3.28. The minimum Gasteiger partial charge on any atom is -0.280 e. The molecule has 0 bridgehead atoms. The minimum atomic E-state index is -4.33. The number of alkyl halides is 4. The highest BCUT2D eigenvalue weighted by Gasteiger charge is 2.47. The number of nitrogens with zero attached hydrogens (tertiary/aromatic N) is 3. The van der Waals surface area contributed by atoms with Gasteiger partial charge in [-0.05, 0) is 12.1 Å². The molecule has 0 atom stereocenters. The summed E-state index contributed by atoms with van der Waals surface area (Å²) >= 11 is 0. The summed E-state index contributed by atoms with van der Waals surface area (Å²) in [6.07, 6.45) is -2.85. The molecule has 2 aromatic rings. The van der Waals surface area contributed by atoms with Crippen molar-refractivity contribution < 1.29 is 17.6 Å². The van der Waals surface area contributed by atoms with Crippen molar-refractivity contribution in [2.45, 2.75) is 12.3 Å². The Balaban J connectivity index is 2.50. The topological polar surface area (TPSA) is 30.7 Å². The van der Waals surface area contributed by atoms with Gasteiger partial charge in [-0.1, -0.05) is 18.2 Å². The number of aromatic nitrogens is 3. The highest BCUT2D eigenvalue weighted by atomic mass is 19.3. The maximum atomic E-state index is 13.2. The molecule has 0 unspecified atom stereocenters. The van der Waals surface area contributed by atoms with Crippen LogP contribution in [0.5, 0.6) is 0 Å². The molecule has 0 spiro atoms. The number of halogens is 4. The van der Waals surface area contributed by atoms with Crippen LogP contribution in [-0.2, 0) is 5.92 Å². The molecule has 0 aliphatic carbocycles. The van der Waals surface area contributed by atoms with Crippen LogP contribution < -0.4 is 0 Å². The van der Waals surface area contributed by atoms with E-state index in [1.807, 2.05) is 0 Å². The van der Waals surface area contributed by atoms with E-state index in [2.05, 4.69) is 10.2 Å². The van der Waals surface area contributed by atoms with Gasteiger partial charge in [-0.25, -0.2) is 8.78 Å². The smallest absolute Gasteiger partial charge is 0.280 e. The molecule has 0 aliphatic heterocycles. The predicted octanol–water partition coefficient (Wildman–Crippen LogP) is 2.62. The van der Waals surface area contributed by atoms with E-state index in [1.54, 1.807) is 18.2 Å². The molecule has 90 valence electrons. The van der Waals surface area contributed by atoms with Crippen molar-refractivity contribution in [1.29, 1.82) is 0 Å². The highest BCUT2D eigenvalue weighted by molar-refractivity contribution is 5.32. The number of para-hydroxylation sites is 1. The van der Waals surface area contributed by atoms with Gasteiger partial charge >= 0.3 is 12.3 Å². The van der Waals surface area contributed by atoms with Crippen LogP contribution in [0, 0.1) is 0 Å². The summed E-state index contributed by atoms with van der Waals surface area (Å²) in [7, 11) is 0. The number of rotatable bonds is 3. The van der Waals surface area contributed by atoms with Crippen LogP contribution in [-0.4, -0.2) is 21.2 Å². The molecule has 1 heterocycles. The third kappa shape index (κ3) is 2.00. The van der Waals surface area contributed by atoms with E-state index in [0.29, 0.717) is 5.69 Å². The third-order valence-electron chi connectivity index (χ3n) is 2.15. The first-order valence-electron chi connectivity index (χ1n) is 4.65. The minimum absolute atomic E-state index is 0.299. The van der Waals surface area contributed by atoms with Gasteiger partial charge in [-0.15, -0.1) is 10.2 Å². The van der Waals surface area contributed by atoms with Crippen LogP contribution in [0.4, 0.5) is 17.6 Å². The first-order chi connectivity index (χ1) is 8.03. The first-order valence-corrected chi connectivity index (χ1v) is 4.65. The van der Waals surface area contributed by atoms with E-state index in [9.17, 15) is 17.6 Å². The Morgan fingerprint density at radius 3 is 2.35 bits per heavy atom. The zero-order valence-corrected chi connectivity index (χ0v) is 8.39. The second-order valence-corrected chi connectivity index (χ2v) is 3.28. The Labute approximate surface area is 93.7 Å². The van der Waals surface area contributed by atoms with Crippen molar-refractivity contribution in [1.82, 2.24) is 14.8 Å². The molecule has 0 aliphatic rings. The summed E-state index contributed by atoms with van der Waals surface area (Å²) in [6.45, 7) is 0. The number of hydrogen-bond acceptors (Lipinski definition) is 2. The molecule has 0 saturated heterocycles. The first kappa shape index (κ1) is 11.6. The average molecular weight is 245 g/mol. The lowest BCUT2D eigenvalue weighted by molar-refractivity contribution is -0.142. The molecule has 7 heteroatoms. The van der Waals surface area contributed by atoms with Crippen LogP contribution >= 0.6 is 0 Å². The van der Waals surface area contributed by atoms with Gasteiger partial charge in [0.15, 0.2) is 0 Å². The van der Waals surface area contributed by atoms with E-state index < -0.39 is 18.2 Å². The van der Waals surface area contributed by atoms with E-state index in [0.717, 1.165) is 10.9 Å². The quantitative estimate of drug-likeness (QED) is 0.778. The molecule has 1 aromatic carbocycles. The maximum Gasteiger partial charge on any atom is 0.366 e. The third-order valence-corrected chi connectivity index (χ3v) is 2.15. The van der Waals surface area contributed by atoms with Gasteiger partial charge in [-0.3, -0.25) is 4.57 Å². The van der Waals surface area contributed by atoms with Crippen LogP contribution in [0.25, 0.3) is 5.69 Å². The Hall–Kier alpha value is -1.92. The molecule has 17 heavy (non-hydrogen) atoms. The van der Waals surface area contributed by atoms with E-state index in [-0.39, 0.29) is 0 Å². The van der Waals surface area contributed by atoms with Gasteiger partial charge in [0.05, 0.1) is 0 Å². The monoisotopic (exact) mass is 245 g/mol. The Morgan fingerprint density at radius 1 is 1.12 bits per heavy atom. The van der Waals surface area contributed by atoms with Gasteiger partial charge in [0, 0.05) is 5.69 Å². The van der Waals surface area contributed by atoms with Gasteiger partial charge in [0.25, 0.3) is 0 Å². The highest BCUT2D eigenvalue weighted by Crippen LogP contribution is 2.33. The summed E-state index contributed by atoms with van der Waals surface area (Å²) in [5.41, 5.74) is 0.299. The van der Waals surface area contributed by atoms with Crippen molar-refractivity contribution in [3.63, 3.8) is 0 Å². The number of benzene rings is 1. The van der Waals surface area contributed by atoms with E-state index >= 15 is 0 Å². The summed E-state index contributed by atoms with van der Waals surface area (Å²) < 4.78 is 51.7. The second kappa shape index (κ2) is 4.15. The molecule has 3 nitrogen and oxygen atoms in total. The van der Waals surface area contributed by atoms with Gasteiger partial charge in [-0.2, -0.15) is 8.78 Å². The average Bonchev–Trinajstić information content (AvgIpc) is 2.79. The fourth-order valence-electron chi connectivity index (χ4n) is 1.34. The van der Waals surface area contributed by atoms with Crippen LogP contribution in [0.15, 0.2) is 36.7 Å². The Morgan fingerprint density at radius 2 is 1.76 bits per heavy atom. The Kier molecular flexibility index (Phi) is 2.83. The van der Waals surface area contributed by atoms with Crippen molar-refractivity contribution in [2.75, 3.05) is 0 Å². The molecule has 0 radical (unpaired) electrons. The predicted molar refractivity (Wildman–Crippen MR) is 51.3 cm³/mol. The van der Waals surface area contributed by atoms with Crippen molar-refractivity contribution >= 4 is 0 Å². The molecule has 0 amide bonds. The molecule has 2 rings (SSSR count). The normalized spacial score (nSPS) is 12.1.